The molecule has 1 aliphatic carbocycles. The van der Waals surface area contributed by atoms with Crippen LogP contribution < -0.4 is 10.1 Å². The number of methoxy groups -OCH3 is 1. The van der Waals surface area contributed by atoms with Gasteiger partial charge in [-0.3, -0.25) is 4.79 Å². The Morgan fingerprint density at radius 3 is 2.69 bits per heavy atom. The number of hydrogen-bond donors (Lipinski definition) is 1. The van der Waals surface area contributed by atoms with Gasteiger partial charge in [0.15, 0.2) is 6.61 Å². The van der Waals surface area contributed by atoms with Crippen molar-refractivity contribution in [3.05, 3.63) is 44.2 Å². The molecule has 0 atom stereocenters. The summed E-state index contributed by atoms with van der Waals surface area (Å²) in [6.45, 7) is 1.51. The number of ether oxygens (including phenoxy) is 3. The molecular formula is C20H20BrNO6S. The minimum atomic E-state index is -0.662. The quantitative estimate of drug-likeness (QED) is 0.601. The van der Waals surface area contributed by atoms with E-state index in [9.17, 15) is 14.4 Å². The van der Waals surface area contributed by atoms with Gasteiger partial charge in [-0.1, -0.05) is 0 Å². The van der Waals surface area contributed by atoms with Crippen molar-refractivity contribution in [2.45, 2.75) is 26.2 Å². The lowest BCUT2D eigenvalue weighted by molar-refractivity contribution is -0.119. The molecule has 0 unspecified atom stereocenters. The van der Waals surface area contributed by atoms with Gasteiger partial charge in [-0.05, 0) is 65.9 Å². The molecule has 1 heterocycles. The first kappa shape index (κ1) is 21.3. The van der Waals surface area contributed by atoms with E-state index in [1.54, 1.807) is 19.1 Å². The van der Waals surface area contributed by atoms with Crippen molar-refractivity contribution in [1.82, 2.24) is 0 Å². The van der Waals surface area contributed by atoms with Gasteiger partial charge < -0.3 is 19.5 Å². The zero-order chi connectivity index (χ0) is 21.0. The minimum Gasteiger partial charge on any atom is -0.497 e. The number of fused-ring (bicyclic) bond motifs is 1. The van der Waals surface area contributed by atoms with Crippen LogP contribution in [0.4, 0.5) is 5.00 Å². The number of carbonyl (C=O) groups is 3. The lowest BCUT2D eigenvalue weighted by atomic mass is 10.1. The van der Waals surface area contributed by atoms with Gasteiger partial charge in [0, 0.05) is 9.35 Å². The van der Waals surface area contributed by atoms with Crippen molar-refractivity contribution in [1.29, 1.82) is 0 Å². The number of halogens is 1. The Morgan fingerprint density at radius 1 is 1.17 bits per heavy atom. The van der Waals surface area contributed by atoms with Crippen LogP contribution in [-0.4, -0.2) is 38.2 Å². The molecular weight excluding hydrogens is 462 g/mol. The number of aryl methyl sites for hydroxylation is 1. The summed E-state index contributed by atoms with van der Waals surface area (Å²) in [5.74, 6) is -1.13. The molecule has 1 aliphatic rings. The van der Waals surface area contributed by atoms with Crippen molar-refractivity contribution in [3.63, 3.8) is 0 Å². The molecule has 0 fully saturated rings. The first-order valence-electron chi connectivity index (χ1n) is 9.06. The molecule has 0 radical (unpaired) electrons. The summed E-state index contributed by atoms with van der Waals surface area (Å²) in [4.78, 5) is 38.1. The smallest absolute Gasteiger partial charge is 0.341 e. The predicted octanol–water partition coefficient (Wildman–Crippen LogP) is 3.98. The topological polar surface area (TPSA) is 90.9 Å². The molecule has 29 heavy (non-hydrogen) atoms. The summed E-state index contributed by atoms with van der Waals surface area (Å²) >= 11 is 4.65. The van der Waals surface area contributed by atoms with Gasteiger partial charge in [0.25, 0.3) is 5.91 Å². The number of benzene rings is 1. The number of hydrogen-bond acceptors (Lipinski definition) is 7. The lowest BCUT2D eigenvalue weighted by Gasteiger charge is -2.10. The van der Waals surface area contributed by atoms with Crippen LogP contribution in [0.15, 0.2) is 22.7 Å². The number of rotatable bonds is 7. The summed E-state index contributed by atoms with van der Waals surface area (Å²) in [7, 11) is 1.49. The van der Waals surface area contributed by atoms with Crippen LogP contribution >= 0.6 is 27.3 Å². The maximum Gasteiger partial charge on any atom is 0.341 e. The highest BCUT2D eigenvalue weighted by Gasteiger charge is 2.28. The molecule has 0 bridgehead atoms. The predicted molar refractivity (Wildman–Crippen MR) is 112 cm³/mol. The fourth-order valence-electron chi connectivity index (χ4n) is 3.07. The van der Waals surface area contributed by atoms with E-state index in [0.29, 0.717) is 20.8 Å². The Balaban J connectivity index is 1.67. The molecule has 0 aliphatic heterocycles. The van der Waals surface area contributed by atoms with E-state index in [1.165, 1.54) is 24.5 Å². The fourth-order valence-corrected chi connectivity index (χ4v) is 4.77. The third-order valence-electron chi connectivity index (χ3n) is 4.38. The molecule has 0 spiro atoms. The molecule has 1 aromatic carbocycles. The Bertz CT molecular complexity index is 955. The second-order valence-electron chi connectivity index (χ2n) is 6.25. The maximum absolute atomic E-state index is 12.3. The summed E-state index contributed by atoms with van der Waals surface area (Å²) < 4.78 is 15.9. The lowest BCUT2D eigenvalue weighted by Crippen LogP contribution is -2.22. The average molecular weight is 482 g/mol. The highest BCUT2D eigenvalue weighted by Crippen LogP contribution is 2.39. The van der Waals surface area contributed by atoms with Crippen LogP contribution in [0.25, 0.3) is 0 Å². The normalized spacial score (nSPS) is 12.2. The number of thiophene rings is 1. The monoisotopic (exact) mass is 481 g/mol. The fraction of sp³-hybridized carbons (Fsp3) is 0.350. The van der Waals surface area contributed by atoms with Gasteiger partial charge in [0.05, 0.1) is 24.8 Å². The second-order valence-corrected chi connectivity index (χ2v) is 8.21. The second kappa shape index (κ2) is 9.41. The zero-order valence-electron chi connectivity index (χ0n) is 16.0. The zero-order valence-corrected chi connectivity index (χ0v) is 18.4. The van der Waals surface area contributed by atoms with E-state index in [0.717, 1.165) is 29.7 Å². The Labute approximate surface area is 180 Å². The average Bonchev–Trinajstić information content (AvgIpc) is 3.27. The van der Waals surface area contributed by atoms with E-state index < -0.39 is 24.5 Å². The van der Waals surface area contributed by atoms with Gasteiger partial charge in [-0.15, -0.1) is 11.3 Å². The third kappa shape index (κ3) is 4.79. The molecule has 1 N–H and O–H groups in total. The molecule has 0 saturated heterocycles. The highest BCUT2D eigenvalue weighted by molar-refractivity contribution is 9.10. The third-order valence-corrected chi connectivity index (χ3v) is 6.28. The Kier molecular flexibility index (Phi) is 6.92. The number of carbonyl (C=O) groups excluding carboxylic acids is 3. The molecule has 7 nitrogen and oxygen atoms in total. The van der Waals surface area contributed by atoms with Gasteiger partial charge in [-0.2, -0.15) is 0 Å². The van der Waals surface area contributed by atoms with Crippen molar-refractivity contribution in [3.8, 4) is 5.75 Å². The van der Waals surface area contributed by atoms with Crippen LogP contribution in [0, 0.1) is 0 Å². The van der Waals surface area contributed by atoms with E-state index >= 15 is 0 Å². The number of esters is 2. The first-order valence-corrected chi connectivity index (χ1v) is 10.7. The number of anilines is 1. The summed E-state index contributed by atoms with van der Waals surface area (Å²) in [5.41, 5.74) is 1.61. The number of nitrogens with one attached hydrogen (secondary N) is 1. The molecule has 9 heteroatoms. The molecule has 1 amide bonds. The highest BCUT2D eigenvalue weighted by atomic mass is 79.9. The van der Waals surface area contributed by atoms with Crippen molar-refractivity contribution in [2.75, 3.05) is 25.6 Å². The Hall–Kier alpha value is -2.39. The van der Waals surface area contributed by atoms with Gasteiger partial charge in [-0.25, -0.2) is 9.59 Å². The summed E-state index contributed by atoms with van der Waals surface area (Å²) in [6, 6.07) is 4.88. The van der Waals surface area contributed by atoms with E-state index in [4.69, 9.17) is 14.2 Å². The van der Waals surface area contributed by atoms with Crippen molar-refractivity contribution < 1.29 is 28.6 Å². The molecule has 2 aromatic rings. The van der Waals surface area contributed by atoms with Crippen LogP contribution in [0.2, 0.25) is 0 Å². The Morgan fingerprint density at radius 2 is 1.97 bits per heavy atom. The van der Waals surface area contributed by atoms with Gasteiger partial charge >= 0.3 is 11.9 Å². The van der Waals surface area contributed by atoms with Crippen LogP contribution in [0.3, 0.4) is 0 Å². The molecule has 1 aromatic heterocycles. The maximum atomic E-state index is 12.3. The largest absolute Gasteiger partial charge is 0.497 e. The van der Waals surface area contributed by atoms with E-state index in [2.05, 4.69) is 21.2 Å². The minimum absolute atomic E-state index is 0.250. The summed E-state index contributed by atoms with van der Waals surface area (Å²) in [6.07, 6.45) is 2.64. The molecule has 0 saturated carbocycles. The summed E-state index contributed by atoms with van der Waals surface area (Å²) in [5, 5.41) is 3.13. The van der Waals surface area contributed by atoms with Crippen LogP contribution in [0.1, 0.15) is 44.5 Å². The van der Waals surface area contributed by atoms with Crippen LogP contribution in [-0.2, 0) is 27.1 Å². The van der Waals surface area contributed by atoms with Crippen molar-refractivity contribution >= 4 is 50.1 Å². The van der Waals surface area contributed by atoms with Gasteiger partial charge in [0.2, 0.25) is 0 Å². The van der Waals surface area contributed by atoms with Crippen LogP contribution in [0.5, 0.6) is 5.75 Å². The van der Waals surface area contributed by atoms with Gasteiger partial charge in [0.1, 0.15) is 10.8 Å². The van der Waals surface area contributed by atoms with Crippen molar-refractivity contribution in [2.24, 2.45) is 0 Å². The number of amides is 1. The molecule has 154 valence electrons. The first-order chi connectivity index (χ1) is 13.9. The SMILES string of the molecule is CCOC(=O)c1c(NC(=O)COC(=O)c2cc(OC)ccc2Br)sc2c1CCC2. The standard InChI is InChI=1S/C20H20BrNO6S/c1-3-27-20(25)17-12-5-4-6-15(12)29-18(17)22-16(23)10-28-19(24)13-9-11(26-2)7-8-14(13)21/h7-9H,3-6,10H2,1-2H3,(H,22,23). The molecule has 3 rings (SSSR count). The van der Waals surface area contributed by atoms with E-state index in [-0.39, 0.29) is 12.2 Å². The van der Waals surface area contributed by atoms with E-state index in [1.807, 2.05) is 0 Å².